The number of aryl methyl sites for hydroxylation is 2. The van der Waals surface area contributed by atoms with E-state index < -0.39 is 0 Å². The van der Waals surface area contributed by atoms with E-state index in [9.17, 15) is 9.18 Å². The first-order valence-electron chi connectivity index (χ1n) is 11.7. The molecule has 0 aromatic heterocycles. The smallest absolute Gasteiger partial charge is 0.167 e. The number of nitrogens with one attached hydrogen (secondary N) is 1. The van der Waals surface area contributed by atoms with Gasteiger partial charge < -0.3 is 11.1 Å². The maximum atomic E-state index is 12.5. The molecular formula is C28H43FN2OS. The number of ketones is 1. The van der Waals surface area contributed by atoms with Gasteiger partial charge in [-0.25, -0.2) is 4.39 Å². The lowest BCUT2D eigenvalue weighted by Crippen LogP contribution is -2.22. The van der Waals surface area contributed by atoms with Gasteiger partial charge in [-0.3, -0.25) is 4.79 Å². The van der Waals surface area contributed by atoms with Crippen LogP contribution < -0.4 is 11.1 Å². The van der Waals surface area contributed by atoms with Gasteiger partial charge in [-0.1, -0.05) is 81.6 Å². The van der Waals surface area contributed by atoms with E-state index in [0.29, 0.717) is 13.1 Å². The average Bonchev–Trinajstić information content (AvgIpc) is 2.81. The number of hydrogen-bond acceptors (Lipinski definition) is 4. The summed E-state index contributed by atoms with van der Waals surface area (Å²) in [5, 5.41) is 3.16. The van der Waals surface area contributed by atoms with Crippen molar-refractivity contribution in [3.05, 3.63) is 81.6 Å². The van der Waals surface area contributed by atoms with Crippen molar-refractivity contribution in [1.82, 2.24) is 5.32 Å². The van der Waals surface area contributed by atoms with Gasteiger partial charge in [0.2, 0.25) is 0 Å². The fourth-order valence-electron chi connectivity index (χ4n) is 2.63. The zero-order valence-electron chi connectivity index (χ0n) is 21.5. The number of nitrogens with two attached hydrogens (primary N) is 1. The molecule has 0 heterocycles. The summed E-state index contributed by atoms with van der Waals surface area (Å²) >= 11 is 1.57. The van der Waals surface area contributed by atoms with E-state index in [2.05, 4.69) is 38.2 Å². The molecule has 3 nitrogen and oxygen atoms in total. The van der Waals surface area contributed by atoms with Crippen LogP contribution in [0.5, 0.6) is 0 Å². The molecule has 0 spiro atoms. The minimum atomic E-state index is -0.124. The number of carbonyl (C=O) groups excluding carboxylic acids is 1. The molecule has 0 atom stereocenters. The minimum absolute atomic E-state index is 0.0953. The molecule has 0 aliphatic rings. The van der Waals surface area contributed by atoms with Crippen LogP contribution >= 0.6 is 11.8 Å². The second-order valence-electron chi connectivity index (χ2n) is 8.17. The number of carbonyl (C=O) groups is 1. The highest BCUT2D eigenvalue weighted by Gasteiger charge is 2.09. The van der Waals surface area contributed by atoms with Crippen molar-refractivity contribution < 1.29 is 9.18 Å². The molecule has 0 aliphatic heterocycles. The van der Waals surface area contributed by atoms with Gasteiger partial charge in [-0.05, 0) is 50.8 Å². The number of halogens is 1. The Kier molecular flexibility index (Phi) is 17.2. The second-order valence-corrected chi connectivity index (χ2v) is 9.16. The van der Waals surface area contributed by atoms with Crippen molar-refractivity contribution in [3.63, 3.8) is 0 Å². The summed E-state index contributed by atoms with van der Waals surface area (Å²) in [6.45, 7) is 15.2. The van der Waals surface area contributed by atoms with Crippen LogP contribution in [0.1, 0.15) is 64.2 Å². The maximum Gasteiger partial charge on any atom is 0.167 e. The fraction of sp³-hybridized carbons (Fsp3) is 0.464. The lowest BCUT2D eigenvalue weighted by Gasteiger charge is -2.11. The second kappa shape index (κ2) is 18.3. The van der Waals surface area contributed by atoms with E-state index >= 15 is 0 Å². The molecular weight excluding hydrogens is 431 g/mol. The molecule has 2 aromatic carbocycles. The Morgan fingerprint density at radius 1 is 1.06 bits per heavy atom. The van der Waals surface area contributed by atoms with Gasteiger partial charge in [0.1, 0.15) is 5.82 Å². The Morgan fingerprint density at radius 2 is 1.67 bits per heavy atom. The van der Waals surface area contributed by atoms with Gasteiger partial charge >= 0.3 is 0 Å². The number of hydrogen-bond donors (Lipinski definition) is 2. The highest BCUT2D eigenvalue weighted by molar-refractivity contribution is 8.03. The van der Waals surface area contributed by atoms with Crippen LogP contribution in [0.2, 0.25) is 0 Å². The molecule has 2 aromatic rings. The number of thioether (sulfide) groups is 1. The Balaban J connectivity index is 0.000000563. The SMILES string of the molecule is CC(=O)/C(SCc1ccccc1)=C(\C)NCCN.CCC(C)CC.Cc1ccc(F)c(C)c1. The third-order valence-electron chi connectivity index (χ3n) is 5.13. The molecule has 0 radical (unpaired) electrons. The van der Waals surface area contributed by atoms with E-state index in [1.54, 1.807) is 31.7 Å². The Labute approximate surface area is 205 Å². The lowest BCUT2D eigenvalue weighted by molar-refractivity contribution is -0.113. The highest BCUT2D eigenvalue weighted by atomic mass is 32.2. The van der Waals surface area contributed by atoms with Gasteiger partial charge in [0.15, 0.2) is 5.78 Å². The maximum absolute atomic E-state index is 12.5. The van der Waals surface area contributed by atoms with Crippen molar-refractivity contribution in [2.24, 2.45) is 11.7 Å². The van der Waals surface area contributed by atoms with E-state index in [0.717, 1.165) is 33.4 Å². The fourth-order valence-corrected chi connectivity index (χ4v) is 3.62. The van der Waals surface area contributed by atoms with Crippen molar-refractivity contribution in [2.45, 2.75) is 67.1 Å². The molecule has 184 valence electrons. The van der Waals surface area contributed by atoms with E-state index in [1.807, 2.05) is 38.1 Å². The zero-order chi connectivity index (χ0) is 25.2. The molecule has 0 bridgehead atoms. The summed E-state index contributed by atoms with van der Waals surface area (Å²) in [4.78, 5) is 12.4. The van der Waals surface area contributed by atoms with E-state index in [4.69, 9.17) is 5.73 Å². The van der Waals surface area contributed by atoms with Crippen LogP contribution in [0.3, 0.4) is 0 Å². The third-order valence-corrected chi connectivity index (χ3v) is 6.49. The molecule has 5 heteroatoms. The summed E-state index contributed by atoms with van der Waals surface area (Å²) < 4.78 is 12.5. The van der Waals surface area contributed by atoms with Gasteiger partial charge in [0.05, 0.1) is 4.91 Å². The minimum Gasteiger partial charge on any atom is -0.386 e. The van der Waals surface area contributed by atoms with E-state index in [1.165, 1.54) is 24.5 Å². The summed E-state index contributed by atoms with van der Waals surface area (Å²) in [5.74, 6) is 1.71. The highest BCUT2D eigenvalue weighted by Crippen LogP contribution is 2.24. The molecule has 2 rings (SSSR count). The molecule has 0 fully saturated rings. The first kappa shape index (κ1) is 30.9. The number of Topliss-reactive ketones (excluding diaryl/α,β-unsaturated/α-hetero) is 1. The van der Waals surface area contributed by atoms with Crippen molar-refractivity contribution in [2.75, 3.05) is 13.1 Å². The summed E-state index contributed by atoms with van der Waals surface area (Å²) in [7, 11) is 0. The Morgan fingerprint density at radius 3 is 2.09 bits per heavy atom. The standard InChI is InChI=1S/C14H20N2OS.C8H9F.C6H14/c1-11(16-9-8-15)14(12(2)17)18-10-13-6-4-3-5-7-13;1-6-3-4-8(9)7(2)5-6;1-4-6(3)5-2/h3-7,16H,8-10,15H2,1-2H3;3-5H,1-2H3;6H,4-5H2,1-3H3/b14-11-;;. The van der Waals surface area contributed by atoms with Crippen LogP contribution in [-0.4, -0.2) is 18.9 Å². The summed E-state index contributed by atoms with van der Waals surface area (Å²) in [6.07, 6.45) is 2.66. The molecule has 0 saturated carbocycles. The van der Waals surface area contributed by atoms with Crippen LogP contribution in [-0.2, 0) is 10.5 Å². The van der Waals surface area contributed by atoms with E-state index in [-0.39, 0.29) is 11.6 Å². The predicted molar refractivity (Wildman–Crippen MR) is 144 cm³/mol. The van der Waals surface area contributed by atoms with Crippen molar-refractivity contribution in [3.8, 4) is 0 Å². The van der Waals surface area contributed by atoms with Crippen LogP contribution in [0.25, 0.3) is 0 Å². The largest absolute Gasteiger partial charge is 0.386 e. The van der Waals surface area contributed by atoms with Crippen LogP contribution in [0, 0.1) is 25.6 Å². The topological polar surface area (TPSA) is 55.1 Å². The molecule has 0 saturated heterocycles. The molecule has 0 aliphatic carbocycles. The lowest BCUT2D eigenvalue weighted by atomic mass is 10.1. The Hall–Kier alpha value is -2.11. The molecule has 33 heavy (non-hydrogen) atoms. The monoisotopic (exact) mass is 474 g/mol. The predicted octanol–water partition coefficient (Wildman–Crippen LogP) is 7.17. The number of rotatable bonds is 9. The van der Waals surface area contributed by atoms with Crippen molar-refractivity contribution >= 4 is 17.5 Å². The average molecular weight is 475 g/mol. The quantitative estimate of drug-likeness (QED) is 0.378. The molecule has 0 amide bonds. The number of allylic oxidation sites excluding steroid dienone is 2. The normalized spacial score (nSPS) is 11.0. The number of benzene rings is 2. The van der Waals surface area contributed by atoms with Crippen molar-refractivity contribution in [1.29, 1.82) is 0 Å². The van der Waals surface area contributed by atoms with Gasteiger partial charge in [-0.15, -0.1) is 11.8 Å². The summed E-state index contributed by atoms with van der Waals surface area (Å²) in [5.41, 5.74) is 9.39. The zero-order valence-corrected chi connectivity index (χ0v) is 22.3. The molecule has 0 unspecified atom stereocenters. The first-order chi connectivity index (χ1) is 15.7. The van der Waals surface area contributed by atoms with Crippen LogP contribution in [0.4, 0.5) is 4.39 Å². The van der Waals surface area contributed by atoms with Gasteiger partial charge in [0, 0.05) is 24.5 Å². The van der Waals surface area contributed by atoms with Gasteiger partial charge in [-0.2, -0.15) is 0 Å². The van der Waals surface area contributed by atoms with Crippen LogP contribution in [0.15, 0.2) is 59.1 Å². The molecule has 3 N–H and O–H groups in total. The summed E-state index contributed by atoms with van der Waals surface area (Å²) in [6, 6.07) is 15.2. The third kappa shape index (κ3) is 14.6. The van der Waals surface area contributed by atoms with Gasteiger partial charge in [0.25, 0.3) is 0 Å². The Bertz CT molecular complexity index is 833. The first-order valence-corrected chi connectivity index (χ1v) is 12.7.